The van der Waals surface area contributed by atoms with Gasteiger partial charge in [-0.2, -0.15) is 5.10 Å². The van der Waals surface area contributed by atoms with Crippen LogP contribution in [0.2, 0.25) is 5.02 Å². The number of hydrogen-bond acceptors (Lipinski definition) is 4. The molecule has 0 unspecified atom stereocenters. The van der Waals surface area contributed by atoms with E-state index in [0.29, 0.717) is 12.5 Å². The summed E-state index contributed by atoms with van der Waals surface area (Å²) >= 11 is 5.74. The molecular weight excluding hydrogens is 279 g/mol. The Hall–Kier alpha value is -1.75. The van der Waals surface area contributed by atoms with Gasteiger partial charge in [0.1, 0.15) is 5.82 Å². The van der Waals surface area contributed by atoms with Crippen molar-refractivity contribution in [2.75, 3.05) is 5.32 Å². The Labute approximate surface area is 122 Å². The molecule has 0 radical (unpaired) electrons. The minimum absolute atomic E-state index is 0.110. The Kier molecular flexibility index (Phi) is 4.84. The van der Waals surface area contributed by atoms with E-state index in [2.05, 4.69) is 20.5 Å². The van der Waals surface area contributed by atoms with Gasteiger partial charge in [-0.3, -0.25) is 0 Å². The monoisotopic (exact) mass is 294 g/mol. The number of benzene rings is 1. The van der Waals surface area contributed by atoms with Crippen molar-refractivity contribution >= 4 is 17.5 Å². The Morgan fingerprint density at radius 2 is 1.90 bits per heavy atom. The third kappa shape index (κ3) is 3.42. The first-order chi connectivity index (χ1) is 9.63. The van der Waals surface area contributed by atoms with Crippen LogP contribution in [0.3, 0.4) is 0 Å². The molecule has 0 fully saturated rings. The molecule has 0 saturated heterocycles. The van der Waals surface area contributed by atoms with Crippen molar-refractivity contribution in [1.29, 1.82) is 0 Å². The lowest BCUT2D eigenvalue weighted by Crippen LogP contribution is -2.09. The van der Waals surface area contributed by atoms with Crippen molar-refractivity contribution in [3.05, 3.63) is 46.0 Å². The van der Waals surface area contributed by atoms with Crippen LogP contribution < -0.4 is 5.32 Å². The van der Waals surface area contributed by atoms with Gasteiger partial charge in [0.15, 0.2) is 0 Å². The van der Waals surface area contributed by atoms with Gasteiger partial charge in [-0.1, -0.05) is 31.5 Å². The minimum Gasteiger partial charge on any atom is -0.349 e. The van der Waals surface area contributed by atoms with Crippen LogP contribution in [0.25, 0.3) is 0 Å². The minimum atomic E-state index is -0.422. The van der Waals surface area contributed by atoms with E-state index in [1.807, 2.05) is 13.8 Å². The highest BCUT2D eigenvalue weighted by Gasteiger charge is 2.06. The molecule has 0 aliphatic heterocycles. The van der Waals surface area contributed by atoms with Crippen LogP contribution in [-0.4, -0.2) is 15.2 Å². The van der Waals surface area contributed by atoms with E-state index in [-0.39, 0.29) is 5.02 Å². The molecule has 1 heterocycles. The van der Waals surface area contributed by atoms with E-state index in [4.69, 9.17) is 11.6 Å². The summed E-state index contributed by atoms with van der Waals surface area (Å²) in [6, 6.07) is 4.59. The quantitative estimate of drug-likeness (QED) is 0.918. The first kappa shape index (κ1) is 14.7. The summed E-state index contributed by atoms with van der Waals surface area (Å²) in [6.45, 7) is 4.53. The second-order valence-corrected chi connectivity index (χ2v) is 4.75. The van der Waals surface area contributed by atoms with Crippen molar-refractivity contribution in [3.63, 3.8) is 0 Å². The Morgan fingerprint density at radius 1 is 1.15 bits per heavy atom. The fourth-order valence-electron chi connectivity index (χ4n) is 1.84. The normalized spacial score (nSPS) is 10.6. The summed E-state index contributed by atoms with van der Waals surface area (Å²) in [7, 11) is 0. The number of hydrogen-bond donors (Lipinski definition) is 1. The molecule has 2 rings (SSSR count). The maximum absolute atomic E-state index is 13.1. The molecule has 0 saturated carbocycles. The van der Waals surface area contributed by atoms with Crippen molar-refractivity contribution in [3.8, 4) is 0 Å². The number of anilines is 1. The van der Waals surface area contributed by atoms with Crippen LogP contribution in [0.5, 0.6) is 0 Å². The van der Waals surface area contributed by atoms with E-state index < -0.39 is 5.82 Å². The van der Waals surface area contributed by atoms with Gasteiger partial charge in [-0.25, -0.2) is 9.37 Å². The Morgan fingerprint density at radius 3 is 2.55 bits per heavy atom. The van der Waals surface area contributed by atoms with Crippen LogP contribution in [0.15, 0.2) is 18.2 Å². The zero-order chi connectivity index (χ0) is 14.5. The van der Waals surface area contributed by atoms with Gasteiger partial charge in [0.25, 0.3) is 0 Å². The highest BCUT2D eigenvalue weighted by atomic mass is 35.5. The second kappa shape index (κ2) is 6.61. The number of halogens is 2. The number of nitrogens with one attached hydrogen (secondary N) is 1. The fraction of sp³-hybridized carbons (Fsp3) is 0.357. The summed E-state index contributed by atoms with van der Waals surface area (Å²) in [4.78, 5) is 4.43. The van der Waals surface area contributed by atoms with Crippen LogP contribution in [0.4, 0.5) is 10.3 Å². The molecule has 1 aromatic heterocycles. The molecule has 0 spiro atoms. The van der Waals surface area contributed by atoms with Crippen molar-refractivity contribution in [2.45, 2.75) is 33.2 Å². The second-order valence-electron chi connectivity index (χ2n) is 4.34. The molecule has 0 aliphatic carbocycles. The van der Waals surface area contributed by atoms with E-state index in [1.54, 1.807) is 12.1 Å². The highest BCUT2D eigenvalue weighted by Crippen LogP contribution is 2.16. The standard InChI is InChI=1S/C14H16ClFN4/c1-3-12-13(4-2)19-20-14(18-12)17-8-9-5-6-11(16)10(15)7-9/h5-7H,3-4,8H2,1-2H3,(H,17,18,20). The van der Waals surface area contributed by atoms with Crippen molar-refractivity contribution in [2.24, 2.45) is 0 Å². The van der Waals surface area contributed by atoms with Gasteiger partial charge >= 0.3 is 0 Å². The van der Waals surface area contributed by atoms with Crippen molar-refractivity contribution in [1.82, 2.24) is 15.2 Å². The molecule has 1 N–H and O–H groups in total. The van der Waals surface area contributed by atoms with Gasteiger partial charge in [-0.05, 0) is 30.5 Å². The van der Waals surface area contributed by atoms with E-state index in [0.717, 1.165) is 29.8 Å². The van der Waals surface area contributed by atoms with Gasteiger partial charge < -0.3 is 5.32 Å². The molecule has 1 aromatic carbocycles. The number of aromatic nitrogens is 3. The molecule has 4 nitrogen and oxygen atoms in total. The topological polar surface area (TPSA) is 50.7 Å². The Balaban J connectivity index is 2.08. The summed E-state index contributed by atoms with van der Waals surface area (Å²) < 4.78 is 13.1. The maximum atomic E-state index is 13.1. The van der Waals surface area contributed by atoms with Crippen LogP contribution in [0, 0.1) is 5.82 Å². The predicted molar refractivity (Wildman–Crippen MR) is 77.3 cm³/mol. The third-order valence-electron chi connectivity index (χ3n) is 2.94. The first-order valence-corrected chi connectivity index (χ1v) is 6.92. The molecule has 0 amide bonds. The van der Waals surface area contributed by atoms with Crippen molar-refractivity contribution < 1.29 is 4.39 Å². The summed E-state index contributed by atoms with van der Waals surface area (Å²) in [5.41, 5.74) is 2.72. The van der Waals surface area contributed by atoms with E-state index in [9.17, 15) is 4.39 Å². The number of rotatable bonds is 5. The molecule has 106 valence electrons. The predicted octanol–water partition coefficient (Wildman–Crippen LogP) is 3.40. The lowest BCUT2D eigenvalue weighted by Gasteiger charge is -2.08. The lowest BCUT2D eigenvalue weighted by molar-refractivity contribution is 0.627. The zero-order valence-corrected chi connectivity index (χ0v) is 12.2. The Bertz CT molecular complexity index is 604. The summed E-state index contributed by atoms with van der Waals surface area (Å²) in [6.07, 6.45) is 1.63. The molecule has 0 bridgehead atoms. The fourth-order valence-corrected chi connectivity index (χ4v) is 2.05. The largest absolute Gasteiger partial charge is 0.349 e. The average molecular weight is 295 g/mol. The molecular formula is C14H16ClFN4. The highest BCUT2D eigenvalue weighted by molar-refractivity contribution is 6.30. The average Bonchev–Trinajstić information content (AvgIpc) is 2.48. The van der Waals surface area contributed by atoms with Gasteiger partial charge in [0, 0.05) is 6.54 Å². The SMILES string of the molecule is CCc1nnc(NCc2ccc(F)c(Cl)c2)nc1CC. The number of nitrogens with zero attached hydrogens (tertiary/aromatic N) is 3. The zero-order valence-electron chi connectivity index (χ0n) is 11.5. The molecule has 6 heteroatoms. The van der Waals surface area contributed by atoms with Crippen LogP contribution in [-0.2, 0) is 19.4 Å². The number of aryl methyl sites for hydroxylation is 2. The molecule has 2 aromatic rings. The molecule has 0 aliphatic rings. The van der Waals surface area contributed by atoms with Gasteiger partial charge in [-0.15, -0.1) is 5.10 Å². The van der Waals surface area contributed by atoms with Crippen LogP contribution in [0.1, 0.15) is 30.8 Å². The maximum Gasteiger partial charge on any atom is 0.243 e. The van der Waals surface area contributed by atoms with Gasteiger partial charge in [0.05, 0.1) is 16.4 Å². The smallest absolute Gasteiger partial charge is 0.243 e. The summed E-state index contributed by atoms with van der Waals surface area (Å²) in [5, 5.41) is 11.4. The van der Waals surface area contributed by atoms with Gasteiger partial charge in [0.2, 0.25) is 5.95 Å². The van der Waals surface area contributed by atoms with E-state index >= 15 is 0 Å². The van der Waals surface area contributed by atoms with E-state index in [1.165, 1.54) is 6.07 Å². The first-order valence-electron chi connectivity index (χ1n) is 6.54. The molecule has 20 heavy (non-hydrogen) atoms. The lowest BCUT2D eigenvalue weighted by atomic mass is 10.2. The molecule has 0 atom stereocenters. The summed E-state index contributed by atoms with van der Waals surface area (Å²) in [5.74, 6) is 0.0494. The third-order valence-corrected chi connectivity index (χ3v) is 3.23. The van der Waals surface area contributed by atoms with Crippen LogP contribution >= 0.6 is 11.6 Å².